The van der Waals surface area contributed by atoms with Crippen LogP contribution in [0.15, 0.2) is 36.7 Å². The number of nitrogens with two attached hydrogens (primary N) is 1. The zero-order chi connectivity index (χ0) is 17.3. The third-order valence-electron chi connectivity index (χ3n) is 4.49. The van der Waals surface area contributed by atoms with Crippen LogP contribution in [0, 0.1) is 15.5 Å². The summed E-state index contributed by atoms with van der Waals surface area (Å²) in [5, 5.41) is 14.9. The van der Waals surface area contributed by atoms with Gasteiger partial charge in [0.1, 0.15) is 0 Å². The van der Waals surface area contributed by atoms with Crippen molar-refractivity contribution in [2.45, 2.75) is 13.3 Å². The highest BCUT2D eigenvalue weighted by atomic mass is 35.5. The molecule has 1 saturated heterocycles. The Bertz CT molecular complexity index is 776. The van der Waals surface area contributed by atoms with Gasteiger partial charge in [0, 0.05) is 31.4 Å². The summed E-state index contributed by atoms with van der Waals surface area (Å²) in [7, 11) is 0. The van der Waals surface area contributed by atoms with E-state index in [4.69, 9.17) is 5.73 Å². The SMILES string of the molecule is CC1(CN)CCN(C(=O)c2cnn(-c3ccc([N+](=O)[O-])cc3)c2)C1.Cl. The van der Waals surface area contributed by atoms with E-state index in [0.717, 1.165) is 6.42 Å². The number of amides is 1. The van der Waals surface area contributed by atoms with E-state index in [1.807, 2.05) is 0 Å². The zero-order valence-corrected chi connectivity index (χ0v) is 14.6. The number of likely N-dealkylation sites (tertiary alicyclic amines) is 1. The van der Waals surface area contributed by atoms with Crippen LogP contribution in [0.4, 0.5) is 5.69 Å². The smallest absolute Gasteiger partial charge is 0.269 e. The van der Waals surface area contributed by atoms with Crippen molar-refractivity contribution in [1.82, 2.24) is 14.7 Å². The van der Waals surface area contributed by atoms with Crippen LogP contribution in [0.25, 0.3) is 5.69 Å². The monoisotopic (exact) mass is 365 g/mol. The Hall–Kier alpha value is -2.45. The molecule has 0 spiro atoms. The Kier molecular flexibility index (Phi) is 5.44. The molecule has 1 aromatic heterocycles. The van der Waals surface area contributed by atoms with Gasteiger partial charge in [-0.25, -0.2) is 4.68 Å². The van der Waals surface area contributed by atoms with Crippen LogP contribution in [0.2, 0.25) is 0 Å². The summed E-state index contributed by atoms with van der Waals surface area (Å²) in [5.41, 5.74) is 6.93. The second kappa shape index (κ2) is 7.20. The van der Waals surface area contributed by atoms with Crippen LogP contribution in [0.5, 0.6) is 0 Å². The summed E-state index contributed by atoms with van der Waals surface area (Å²) in [4.78, 5) is 24.6. The van der Waals surface area contributed by atoms with Crippen molar-refractivity contribution in [3.8, 4) is 5.69 Å². The summed E-state index contributed by atoms with van der Waals surface area (Å²) in [6, 6.07) is 6.01. The molecule has 3 rings (SSSR count). The summed E-state index contributed by atoms with van der Waals surface area (Å²) in [5.74, 6) is -0.0691. The molecule has 1 fully saturated rings. The predicted molar refractivity (Wildman–Crippen MR) is 95.1 cm³/mol. The molecule has 1 unspecified atom stereocenters. The van der Waals surface area contributed by atoms with Gasteiger partial charge in [0.05, 0.1) is 22.4 Å². The Morgan fingerprint density at radius 2 is 2.08 bits per heavy atom. The first-order chi connectivity index (χ1) is 11.4. The highest BCUT2D eigenvalue weighted by Crippen LogP contribution is 2.29. The van der Waals surface area contributed by atoms with E-state index in [0.29, 0.717) is 30.9 Å². The van der Waals surface area contributed by atoms with Gasteiger partial charge in [0.15, 0.2) is 0 Å². The van der Waals surface area contributed by atoms with E-state index in [9.17, 15) is 14.9 Å². The highest BCUT2D eigenvalue weighted by molar-refractivity contribution is 5.94. The number of benzene rings is 1. The molecule has 1 aliphatic rings. The standard InChI is InChI=1S/C16H19N5O3.ClH/c1-16(10-17)6-7-19(11-16)15(22)12-8-18-20(9-12)13-2-4-14(5-3-13)21(23)24;/h2-5,8-9H,6-7,10-11,17H2,1H3;1H. The van der Waals surface area contributed by atoms with E-state index >= 15 is 0 Å². The number of carbonyl (C=O) groups is 1. The molecule has 0 bridgehead atoms. The normalized spacial score (nSPS) is 19.5. The van der Waals surface area contributed by atoms with Crippen LogP contribution < -0.4 is 5.73 Å². The number of hydrogen-bond acceptors (Lipinski definition) is 5. The lowest BCUT2D eigenvalue weighted by Gasteiger charge is -2.22. The Labute approximate surface area is 151 Å². The molecule has 0 aliphatic carbocycles. The fraction of sp³-hybridized carbons (Fsp3) is 0.375. The molecule has 1 atom stereocenters. The number of nitrogens with zero attached hydrogens (tertiary/aromatic N) is 4. The molecule has 0 saturated carbocycles. The van der Waals surface area contributed by atoms with Gasteiger partial charge in [0.2, 0.25) is 0 Å². The van der Waals surface area contributed by atoms with Gasteiger partial charge in [-0.05, 0) is 30.5 Å². The topological polar surface area (TPSA) is 107 Å². The molecular formula is C16H20ClN5O3. The molecule has 9 heteroatoms. The second-order valence-electron chi connectivity index (χ2n) is 6.44. The maximum absolute atomic E-state index is 12.6. The fourth-order valence-corrected chi connectivity index (χ4v) is 2.85. The number of halogens is 1. The molecule has 2 heterocycles. The highest BCUT2D eigenvalue weighted by Gasteiger charge is 2.35. The van der Waals surface area contributed by atoms with E-state index < -0.39 is 4.92 Å². The molecule has 134 valence electrons. The van der Waals surface area contributed by atoms with Crippen molar-refractivity contribution >= 4 is 24.0 Å². The number of carbonyl (C=O) groups excluding carboxylic acids is 1. The van der Waals surface area contributed by atoms with E-state index in [2.05, 4.69) is 12.0 Å². The summed E-state index contributed by atoms with van der Waals surface area (Å²) in [6.45, 7) is 3.97. The first kappa shape index (κ1) is 18.9. The average Bonchev–Trinajstić information content (AvgIpc) is 3.22. The molecule has 2 aromatic rings. The quantitative estimate of drug-likeness (QED) is 0.658. The maximum atomic E-state index is 12.6. The van der Waals surface area contributed by atoms with Crippen molar-refractivity contribution in [3.05, 3.63) is 52.3 Å². The van der Waals surface area contributed by atoms with Gasteiger partial charge in [-0.2, -0.15) is 5.10 Å². The lowest BCUT2D eigenvalue weighted by Crippen LogP contribution is -2.34. The van der Waals surface area contributed by atoms with Crippen LogP contribution in [-0.2, 0) is 0 Å². The Balaban J connectivity index is 0.00000225. The lowest BCUT2D eigenvalue weighted by molar-refractivity contribution is -0.384. The van der Waals surface area contributed by atoms with Crippen LogP contribution in [-0.4, -0.2) is 45.1 Å². The third-order valence-corrected chi connectivity index (χ3v) is 4.49. The van der Waals surface area contributed by atoms with Crippen molar-refractivity contribution in [1.29, 1.82) is 0 Å². The molecule has 1 aromatic carbocycles. The van der Waals surface area contributed by atoms with E-state index in [-0.39, 0.29) is 29.4 Å². The lowest BCUT2D eigenvalue weighted by atomic mass is 9.90. The van der Waals surface area contributed by atoms with Gasteiger partial charge in [-0.1, -0.05) is 6.92 Å². The summed E-state index contributed by atoms with van der Waals surface area (Å²) < 4.78 is 1.54. The number of aromatic nitrogens is 2. The van der Waals surface area contributed by atoms with Crippen LogP contribution in [0.3, 0.4) is 0 Å². The number of nitro groups is 1. The first-order valence-corrected chi connectivity index (χ1v) is 7.71. The van der Waals surface area contributed by atoms with Crippen molar-refractivity contribution in [2.24, 2.45) is 11.1 Å². The molecule has 1 aliphatic heterocycles. The van der Waals surface area contributed by atoms with Crippen LogP contribution in [0.1, 0.15) is 23.7 Å². The van der Waals surface area contributed by atoms with Gasteiger partial charge in [0.25, 0.3) is 11.6 Å². The minimum atomic E-state index is -0.455. The van der Waals surface area contributed by atoms with Crippen molar-refractivity contribution in [2.75, 3.05) is 19.6 Å². The fourth-order valence-electron chi connectivity index (χ4n) is 2.85. The molecule has 0 radical (unpaired) electrons. The first-order valence-electron chi connectivity index (χ1n) is 7.71. The Morgan fingerprint density at radius 3 is 2.64 bits per heavy atom. The average molecular weight is 366 g/mol. The number of nitro benzene ring substituents is 1. The molecule has 1 amide bonds. The van der Waals surface area contributed by atoms with Gasteiger partial charge >= 0.3 is 0 Å². The number of non-ortho nitro benzene ring substituents is 1. The van der Waals surface area contributed by atoms with Gasteiger partial charge in [-0.3, -0.25) is 14.9 Å². The maximum Gasteiger partial charge on any atom is 0.269 e. The van der Waals surface area contributed by atoms with Crippen molar-refractivity contribution < 1.29 is 9.72 Å². The van der Waals surface area contributed by atoms with Gasteiger partial charge < -0.3 is 10.6 Å². The third kappa shape index (κ3) is 3.80. The van der Waals surface area contributed by atoms with Gasteiger partial charge in [-0.15, -0.1) is 12.4 Å². The molecule has 25 heavy (non-hydrogen) atoms. The molecule has 2 N–H and O–H groups in total. The zero-order valence-electron chi connectivity index (χ0n) is 13.8. The second-order valence-corrected chi connectivity index (χ2v) is 6.44. The van der Waals surface area contributed by atoms with Crippen molar-refractivity contribution in [3.63, 3.8) is 0 Å². The minimum absolute atomic E-state index is 0. The number of hydrogen-bond donors (Lipinski definition) is 1. The predicted octanol–water partition coefficient (Wildman–Crippen LogP) is 2.01. The van der Waals surface area contributed by atoms with Crippen LogP contribution >= 0.6 is 12.4 Å². The summed E-state index contributed by atoms with van der Waals surface area (Å²) in [6.07, 6.45) is 4.05. The van der Waals surface area contributed by atoms with E-state index in [1.54, 1.807) is 23.2 Å². The Morgan fingerprint density at radius 1 is 1.40 bits per heavy atom. The summed E-state index contributed by atoms with van der Waals surface area (Å²) >= 11 is 0. The molecule has 8 nitrogen and oxygen atoms in total. The molecular weight excluding hydrogens is 346 g/mol. The largest absolute Gasteiger partial charge is 0.338 e. The van der Waals surface area contributed by atoms with E-state index in [1.165, 1.54) is 23.0 Å². The minimum Gasteiger partial charge on any atom is -0.338 e. The number of rotatable bonds is 4.